The summed E-state index contributed by atoms with van der Waals surface area (Å²) >= 11 is 0. The molecule has 6 heteroatoms. The van der Waals surface area contributed by atoms with Crippen molar-refractivity contribution in [1.82, 2.24) is 4.90 Å². The van der Waals surface area contributed by atoms with Crippen molar-refractivity contribution >= 4 is 21.4 Å². The fraction of sp³-hybridized carbons (Fsp3) is 0.667. The predicted molar refractivity (Wildman–Crippen MR) is 108 cm³/mol. The number of sulfone groups is 1. The third-order valence-electron chi connectivity index (χ3n) is 6.57. The molecule has 0 N–H and O–H groups in total. The van der Waals surface area contributed by atoms with E-state index in [0.717, 1.165) is 44.3 Å². The van der Waals surface area contributed by atoms with Gasteiger partial charge in [0.1, 0.15) is 0 Å². The molecule has 1 saturated carbocycles. The number of carbonyl (C=O) groups is 1. The van der Waals surface area contributed by atoms with E-state index in [9.17, 15) is 13.2 Å². The first-order chi connectivity index (χ1) is 12.9. The number of amides is 1. The second-order valence-corrected chi connectivity index (χ2v) is 10.7. The van der Waals surface area contributed by atoms with E-state index < -0.39 is 9.84 Å². The molecule has 1 amide bonds. The highest BCUT2D eigenvalue weighted by atomic mass is 32.2. The molecule has 0 unspecified atom stereocenters. The van der Waals surface area contributed by atoms with Crippen molar-refractivity contribution in [2.24, 2.45) is 0 Å². The van der Waals surface area contributed by atoms with Gasteiger partial charge in [-0.1, -0.05) is 38.0 Å². The van der Waals surface area contributed by atoms with Crippen LogP contribution in [0, 0.1) is 0 Å². The summed E-state index contributed by atoms with van der Waals surface area (Å²) in [5, 5.41) is 0. The van der Waals surface area contributed by atoms with Gasteiger partial charge in [0.05, 0.1) is 18.1 Å². The summed E-state index contributed by atoms with van der Waals surface area (Å²) in [7, 11) is -3.00. The molecule has 2 heterocycles. The molecule has 2 atom stereocenters. The quantitative estimate of drug-likeness (QED) is 0.793. The van der Waals surface area contributed by atoms with Crippen LogP contribution in [0.3, 0.4) is 0 Å². The van der Waals surface area contributed by atoms with Gasteiger partial charge in [-0.2, -0.15) is 0 Å². The Morgan fingerprint density at radius 2 is 1.85 bits per heavy atom. The Hall–Kier alpha value is -1.56. The van der Waals surface area contributed by atoms with E-state index >= 15 is 0 Å². The van der Waals surface area contributed by atoms with Gasteiger partial charge in [-0.15, -0.1) is 0 Å². The smallest absolute Gasteiger partial charge is 0.242 e. The van der Waals surface area contributed by atoms with Gasteiger partial charge in [-0.3, -0.25) is 4.79 Å². The molecule has 2 aliphatic heterocycles. The maximum Gasteiger partial charge on any atom is 0.242 e. The number of nitrogens with zero attached hydrogens (tertiary/aromatic N) is 2. The topological polar surface area (TPSA) is 57.7 Å². The number of carbonyl (C=O) groups excluding carboxylic acids is 1. The number of para-hydroxylation sites is 1. The van der Waals surface area contributed by atoms with E-state index in [1.165, 1.54) is 5.56 Å². The van der Waals surface area contributed by atoms with Crippen LogP contribution in [-0.2, 0) is 14.6 Å². The first kappa shape index (κ1) is 18.8. The Morgan fingerprint density at radius 3 is 2.56 bits per heavy atom. The lowest BCUT2D eigenvalue weighted by molar-refractivity contribution is -0.134. The fourth-order valence-electron chi connectivity index (χ4n) is 5.11. The van der Waals surface area contributed by atoms with Crippen LogP contribution in [0.4, 0.5) is 5.69 Å². The van der Waals surface area contributed by atoms with Crippen LogP contribution in [0.25, 0.3) is 0 Å². The lowest BCUT2D eigenvalue weighted by atomic mass is 9.91. The van der Waals surface area contributed by atoms with Crippen LogP contribution >= 0.6 is 0 Å². The highest BCUT2D eigenvalue weighted by Gasteiger charge is 2.39. The first-order valence-electron chi connectivity index (χ1n) is 10.3. The molecule has 0 radical (unpaired) electrons. The average molecular weight is 391 g/mol. The monoisotopic (exact) mass is 390 g/mol. The lowest BCUT2D eigenvalue weighted by Crippen LogP contribution is -2.51. The highest BCUT2D eigenvalue weighted by Crippen LogP contribution is 2.35. The van der Waals surface area contributed by atoms with Crippen molar-refractivity contribution in [3.05, 3.63) is 29.8 Å². The number of benzene rings is 1. The molecule has 3 aliphatic rings. The average Bonchev–Trinajstić information content (AvgIpc) is 3.28. The van der Waals surface area contributed by atoms with Crippen LogP contribution < -0.4 is 4.90 Å². The highest BCUT2D eigenvalue weighted by molar-refractivity contribution is 7.91. The van der Waals surface area contributed by atoms with Gasteiger partial charge < -0.3 is 9.80 Å². The number of anilines is 1. The van der Waals surface area contributed by atoms with Crippen LogP contribution in [0.2, 0.25) is 0 Å². The minimum atomic E-state index is -3.00. The molecular formula is C21H30N2O3S. The summed E-state index contributed by atoms with van der Waals surface area (Å²) < 4.78 is 24.0. The summed E-state index contributed by atoms with van der Waals surface area (Å²) in [4.78, 5) is 17.5. The van der Waals surface area contributed by atoms with Gasteiger partial charge in [-0.25, -0.2) is 8.42 Å². The molecule has 1 saturated heterocycles. The molecule has 0 bridgehead atoms. The van der Waals surface area contributed by atoms with Crippen LogP contribution in [0.5, 0.6) is 0 Å². The van der Waals surface area contributed by atoms with Gasteiger partial charge in [0.2, 0.25) is 5.91 Å². The third kappa shape index (κ3) is 3.86. The van der Waals surface area contributed by atoms with Gasteiger partial charge in [0.15, 0.2) is 9.84 Å². The molecule has 5 nitrogen and oxygen atoms in total. The van der Waals surface area contributed by atoms with Crippen molar-refractivity contribution in [3.8, 4) is 0 Å². The largest absolute Gasteiger partial charge is 0.362 e. The van der Waals surface area contributed by atoms with Gasteiger partial charge in [0, 0.05) is 24.3 Å². The summed E-state index contributed by atoms with van der Waals surface area (Å²) in [6.45, 7) is 3.48. The molecule has 2 fully saturated rings. The Labute approximate surface area is 162 Å². The zero-order chi connectivity index (χ0) is 19.0. The van der Waals surface area contributed by atoms with Crippen LogP contribution in [0.1, 0.15) is 56.9 Å². The number of hydrogen-bond acceptors (Lipinski definition) is 4. The molecule has 0 aromatic heterocycles. The van der Waals surface area contributed by atoms with Crippen molar-refractivity contribution in [3.63, 3.8) is 0 Å². The van der Waals surface area contributed by atoms with E-state index in [-0.39, 0.29) is 29.5 Å². The molecule has 148 valence electrons. The molecule has 1 aromatic carbocycles. The maximum atomic E-state index is 13.4. The molecule has 1 aliphatic carbocycles. The van der Waals surface area contributed by atoms with Crippen LogP contribution in [0.15, 0.2) is 24.3 Å². The normalized spacial score (nSPS) is 27.5. The molecule has 4 rings (SSSR count). The van der Waals surface area contributed by atoms with E-state index in [0.29, 0.717) is 18.9 Å². The Kier molecular flexibility index (Phi) is 5.19. The van der Waals surface area contributed by atoms with Crippen molar-refractivity contribution in [2.75, 3.05) is 29.5 Å². The second kappa shape index (κ2) is 7.46. The van der Waals surface area contributed by atoms with E-state index in [1.807, 2.05) is 11.0 Å². The minimum absolute atomic E-state index is 0.105. The van der Waals surface area contributed by atoms with Gasteiger partial charge in [-0.05, 0) is 43.2 Å². The third-order valence-corrected chi connectivity index (χ3v) is 8.32. The molecule has 27 heavy (non-hydrogen) atoms. The van der Waals surface area contributed by atoms with Crippen molar-refractivity contribution in [2.45, 2.75) is 63.5 Å². The molecular weight excluding hydrogens is 360 g/mol. The van der Waals surface area contributed by atoms with E-state index in [1.54, 1.807) is 0 Å². The number of hydrogen-bond donors (Lipinski definition) is 0. The van der Waals surface area contributed by atoms with Crippen molar-refractivity contribution in [1.29, 1.82) is 0 Å². The number of fused-ring (bicyclic) bond motifs is 1. The summed E-state index contributed by atoms with van der Waals surface area (Å²) in [6, 6.07) is 8.45. The maximum absolute atomic E-state index is 13.4. The minimum Gasteiger partial charge on any atom is -0.362 e. The van der Waals surface area contributed by atoms with E-state index in [2.05, 4.69) is 30.0 Å². The summed E-state index contributed by atoms with van der Waals surface area (Å²) in [6.07, 6.45) is 5.94. The first-order valence-corrected chi connectivity index (χ1v) is 12.1. The molecule has 0 spiro atoms. The fourth-order valence-corrected chi connectivity index (χ4v) is 6.82. The zero-order valence-corrected chi connectivity index (χ0v) is 17.0. The summed E-state index contributed by atoms with van der Waals surface area (Å²) in [5.74, 6) is 0.980. The molecule has 1 aromatic rings. The number of rotatable bonds is 4. The van der Waals surface area contributed by atoms with Crippen LogP contribution in [-0.4, -0.2) is 55.9 Å². The second-order valence-electron chi connectivity index (χ2n) is 8.47. The summed E-state index contributed by atoms with van der Waals surface area (Å²) in [5.41, 5.74) is 2.47. The standard InChI is InChI=1S/C21H30N2O3S/c1-16-10-12-22(20-9-5-4-8-19(16)20)14-21(24)23(17-6-2-3-7-17)18-11-13-27(25,26)15-18/h4-5,8-9,16-18H,2-3,6-7,10-15H2,1H3/t16-,18+/m0/s1. The Balaban J connectivity index is 1.55. The van der Waals surface area contributed by atoms with Gasteiger partial charge in [0.25, 0.3) is 0 Å². The zero-order valence-electron chi connectivity index (χ0n) is 16.1. The van der Waals surface area contributed by atoms with Crippen molar-refractivity contribution < 1.29 is 13.2 Å². The van der Waals surface area contributed by atoms with Gasteiger partial charge >= 0.3 is 0 Å². The Bertz CT molecular complexity index is 801. The SMILES string of the molecule is C[C@H]1CCN(CC(=O)N(C2CCCC2)[C@@H]2CCS(=O)(=O)C2)c2ccccc21. The lowest BCUT2D eigenvalue weighted by Gasteiger charge is -2.38. The van der Waals surface area contributed by atoms with E-state index in [4.69, 9.17) is 0 Å². The predicted octanol–water partition coefficient (Wildman–Crippen LogP) is 2.96. The Morgan fingerprint density at radius 1 is 1.11 bits per heavy atom.